The van der Waals surface area contributed by atoms with Crippen LogP contribution in [0.1, 0.15) is 6.92 Å². The summed E-state index contributed by atoms with van der Waals surface area (Å²) >= 11 is 0. The molecule has 1 saturated heterocycles. The Balaban J connectivity index is 1.93. The van der Waals surface area contributed by atoms with Gasteiger partial charge in [-0.05, 0) is 12.1 Å². The van der Waals surface area contributed by atoms with Gasteiger partial charge in [0.25, 0.3) is 10.2 Å². The van der Waals surface area contributed by atoms with Crippen molar-refractivity contribution in [3.05, 3.63) is 30.3 Å². The Morgan fingerprint density at radius 2 is 2.00 bits per heavy atom. The molecule has 1 aliphatic rings. The maximum atomic E-state index is 11.7. The largest absolute Gasteiger partial charge is 0.443 e. The fourth-order valence-corrected chi connectivity index (χ4v) is 2.78. The summed E-state index contributed by atoms with van der Waals surface area (Å²) in [4.78, 5) is 13.2. The van der Waals surface area contributed by atoms with Gasteiger partial charge in [0.15, 0.2) is 0 Å². The van der Waals surface area contributed by atoms with Gasteiger partial charge < -0.3 is 4.74 Å². The monoisotopic (exact) mass is 299 g/mol. The molecule has 20 heavy (non-hydrogen) atoms. The maximum Gasteiger partial charge on any atom is 0.414 e. The van der Waals surface area contributed by atoms with Gasteiger partial charge in [-0.3, -0.25) is 4.90 Å². The predicted molar refractivity (Wildman–Crippen MR) is 74.7 cm³/mol. The van der Waals surface area contributed by atoms with Crippen molar-refractivity contribution < 1.29 is 17.9 Å². The van der Waals surface area contributed by atoms with Crippen molar-refractivity contribution in [1.29, 1.82) is 0 Å². The van der Waals surface area contributed by atoms with Crippen LogP contribution < -0.4 is 14.3 Å². The van der Waals surface area contributed by atoms with Crippen LogP contribution in [0.25, 0.3) is 0 Å². The summed E-state index contributed by atoms with van der Waals surface area (Å²) in [5.74, 6) is 0. The molecule has 2 rings (SSSR count). The normalized spacial score (nSPS) is 19.1. The molecule has 0 radical (unpaired) electrons. The number of benzene rings is 1. The Bertz CT molecular complexity index is 561. The first-order valence-corrected chi connectivity index (χ1v) is 7.77. The van der Waals surface area contributed by atoms with Crippen LogP contribution in [0.15, 0.2) is 30.3 Å². The molecule has 1 atom stereocenters. The average molecular weight is 299 g/mol. The average Bonchev–Trinajstić information content (AvgIpc) is 2.79. The van der Waals surface area contributed by atoms with Crippen LogP contribution >= 0.6 is 0 Å². The van der Waals surface area contributed by atoms with Crippen LogP contribution in [-0.4, -0.2) is 40.2 Å². The third-order valence-electron chi connectivity index (χ3n) is 2.78. The SMILES string of the molecule is CCNS(=O)(=O)NCC1CN(c2ccccc2)C(=O)O1. The number of carbonyl (C=O) groups is 1. The minimum atomic E-state index is -3.53. The summed E-state index contributed by atoms with van der Waals surface area (Å²) in [5, 5.41) is 0. The molecule has 1 amide bonds. The highest BCUT2D eigenvalue weighted by Gasteiger charge is 2.32. The van der Waals surface area contributed by atoms with Crippen molar-refractivity contribution in [2.75, 3.05) is 24.5 Å². The summed E-state index contributed by atoms with van der Waals surface area (Å²) in [6.45, 7) is 2.35. The Hall–Kier alpha value is -1.64. The fourth-order valence-electron chi connectivity index (χ4n) is 1.89. The van der Waals surface area contributed by atoms with E-state index >= 15 is 0 Å². The van der Waals surface area contributed by atoms with Crippen molar-refractivity contribution in [2.24, 2.45) is 0 Å². The van der Waals surface area contributed by atoms with E-state index in [-0.39, 0.29) is 6.54 Å². The number of para-hydroxylation sites is 1. The topological polar surface area (TPSA) is 87.7 Å². The van der Waals surface area contributed by atoms with E-state index < -0.39 is 22.4 Å². The third-order valence-corrected chi connectivity index (χ3v) is 3.99. The van der Waals surface area contributed by atoms with E-state index in [4.69, 9.17) is 4.74 Å². The zero-order valence-electron chi connectivity index (χ0n) is 11.1. The van der Waals surface area contributed by atoms with Gasteiger partial charge in [-0.1, -0.05) is 25.1 Å². The molecule has 1 aromatic rings. The van der Waals surface area contributed by atoms with Crippen LogP contribution in [0.5, 0.6) is 0 Å². The number of amides is 1. The molecular weight excluding hydrogens is 282 g/mol. The second kappa shape index (κ2) is 6.21. The Kier molecular flexibility index (Phi) is 4.58. The third kappa shape index (κ3) is 3.69. The van der Waals surface area contributed by atoms with Crippen LogP contribution in [-0.2, 0) is 14.9 Å². The smallest absolute Gasteiger partial charge is 0.414 e. The zero-order valence-corrected chi connectivity index (χ0v) is 11.9. The van der Waals surface area contributed by atoms with Crippen LogP contribution in [0.2, 0.25) is 0 Å². The molecule has 7 nitrogen and oxygen atoms in total. The van der Waals surface area contributed by atoms with E-state index in [0.29, 0.717) is 13.1 Å². The lowest BCUT2D eigenvalue weighted by Crippen LogP contribution is -2.41. The van der Waals surface area contributed by atoms with Gasteiger partial charge in [-0.2, -0.15) is 13.1 Å². The molecule has 0 bridgehead atoms. The Morgan fingerprint density at radius 3 is 2.65 bits per heavy atom. The lowest BCUT2D eigenvalue weighted by atomic mass is 10.3. The second-order valence-electron chi connectivity index (χ2n) is 4.30. The molecule has 0 spiro atoms. The number of rotatable bonds is 6. The summed E-state index contributed by atoms with van der Waals surface area (Å²) < 4.78 is 32.7. The molecule has 0 aliphatic carbocycles. The van der Waals surface area contributed by atoms with E-state index in [9.17, 15) is 13.2 Å². The molecule has 1 aromatic carbocycles. The molecule has 8 heteroatoms. The van der Waals surface area contributed by atoms with Gasteiger partial charge in [0.1, 0.15) is 6.10 Å². The second-order valence-corrected chi connectivity index (χ2v) is 5.89. The van der Waals surface area contributed by atoms with Crippen molar-refractivity contribution in [3.63, 3.8) is 0 Å². The van der Waals surface area contributed by atoms with Crippen molar-refractivity contribution in [1.82, 2.24) is 9.44 Å². The molecule has 1 unspecified atom stereocenters. The summed E-state index contributed by atoms with van der Waals surface area (Å²) in [6, 6.07) is 9.10. The van der Waals surface area contributed by atoms with Crippen LogP contribution in [0.4, 0.5) is 10.5 Å². The minimum Gasteiger partial charge on any atom is -0.443 e. The summed E-state index contributed by atoms with van der Waals surface area (Å²) in [5.41, 5.74) is 0.731. The predicted octanol–water partition coefficient (Wildman–Crippen LogP) is 0.456. The van der Waals surface area contributed by atoms with E-state index in [0.717, 1.165) is 5.69 Å². The van der Waals surface area contributed by atoms with Crippen LogP contribution in [0, 0.1) is 0 Å². The number of nitrogens with zero attached hydrogens (tertiary/aromatic N) is 1. The van der Waals surface area contributed by atoms with Gasteiger partial charge in [0.2, 0.25) is 0 Å². The highest BCUT2D eigenvalue weighted by Crippen LogP contribution is 2.20. The van der Waals surface area contributed by atoms with Crippen molar-refractivity contribution in [2.45, 2.75) is 13.0 Å². The number of hydrogen-bond donors (Lipinski definition) is 2. The summed E-state index contributed by atoms with van der Waals surface area (Å²) in [7, 11) is -3.53. The van der Waals surface area contributed by atoms with Crippen molar-refractivity contribution in [3.8, 4) is 0 Å². The first-order chi connectivity index (χ1) is 9.52. The Labute approximate surface area is 118 Å². The zero-order chi connectivity index (χ0) is 14.6. The molecular formula is C12H17N3O4S. The number of hydrogen-bond acceptors (Lipinski definition) is 4. The number of cyclic esters (lactones) is 1. The minimum absolute atomic E-state index is 0.0460. The molecule has 0 aromatic heterocycles. The number of carbonyl (C=O) groups excluding carboxylic acids is 1. The number of anilines is 1. The van der Waals surface area contributed by atoms with E-state index in [2.05, 4.69) is 9.44 Å². The maximum absolute atomic E-state index is 11.7. The quantitative estimate of drug-likeness (QED) is 0.798. The van der Waals surface area contributed by atoms with Gasteiger partial charge in [0, 0.05) is 12.2 Å². The number of ether oxygens (including phenoxy) is 1. The highest BCUT2D eigenvalue weighted by atomic mass is 32.2. The lowest BCUT2D eigenvalue weighted by Gasteiger charge is -2.12. The van der Waals surface area contributed by atoms with Gasteiger partial charge in [-0.25, -0.2) is 9.52 Å². The Morgan fingerprint density at radius 1 is 1.30 bits per heavy atom. The standard InChI is InChI=1S/C12H17N3O4S/c1-2-13-20(17,18)14-8-11-9-15(12(16)19-11)10-6-4-3-5-7-10/h3-7,11,13-14H,2,8-9H2,1H3. The fraction of sp³-hybridized carbons (Fsp3) is 0.417. The molecule has 2 N–H and O–H groups in total. The molecule has 1 fully saturated rings. The highest BCUT2D eigenvalue weighted by molar-refractivity contribution is 7.87. The summed E-state index contributed by atoms with van der Waals surface area (Å²) in [6.07, 6.45) is -0.972. The lowest BCUT2D eigenvalue weighted by molar-refractivity contribution is 0.143. The molecule has 1 aliphatic heterocycles. The first-order valence-electron chi connectivity index (χ1n) is 6.29. The van der Waals surface area contributed by atoms with E-state index in [1.54, 1.807) is 19.1 Å². The van der Waals surface area contributed by atoms with Crippen LogP contribution in [0.3, 0.4) is 0 Å². The number of nitrogens with one attached hydrogen (secondary N) is 2. The van der Waals surface area contributed by atoms with E-state index in [1.165, 1.54) is 4.90 Å². The van der Waals surface area contributed by atoms with Crippen molar-refractivity contribution >= 4 is 22.0 Å². The molecule has 0 saturated carbocycles. The van der Waals surface area contributed by atoms with Gasteiger partial charge in [0.05, 0.1) is 13.1 Å². The molecule has 110 valence electrons. The molecule has 1 heterocycles. The van der Waals surface area contributed by atoms with Gasteiger partial charge in [-0.15, -0.1) is 0 Å². The van der Waals surface area contributed by atoms with E-state index in [1.807, 2.05) is 18.2 Å². The van der Waals surface area contributed by atoms with Gasteiger partial charge >= 0.3 is 6.09 Å². The first kappa shape index (κ1) is 14.8.